The number of hydrogen-bond acceptors (Lipinski definition) is 0. The van der Waals surface area contributed by atoms with Crippen molar-refractivity contribution in [1.82, 2.24) is 0 Å². The molecule has 31 heavy (non-hydrogen) atoms. The maximum absolute atomic E-state index is 15.3. The maximum atomic E-state index is 15.3. The first-order chi connectivity index (χ1) is 15.2. The molecule has 0 aromatic heterocycles. The smallest absolute Gasteiger partial charge is 0.138 e. The first kappa shape index (κ1) is 20.6. The lowest BCUT2D eigenvalue weighted by atomic mass is 9.97. The van der Waals surface area contributed by atoms with Crippen molar-refractivity contribution < 1.29 is 4.39 Å². The van der Waals surface area contributed by atoms with Gasteiger partial charge in [0.25, 0.3) is 0 Å². The molecule has 4 aromatic rings. The van der Waals surface area contributed by atoms with E-state index < -0.39 is 0 Å². The Hall–Kier alpha value is -3.63. The number of rotatable bonds is 5. The molecule has 0 spiro atoms. The molecule has 0 bridgehead atoms. The number of benzene rings is 4. The van der Waals surface area contributed by atoms with Gasteiger partial charge in [0.2, 0.25) is 0 Å². The van der Waals surface area contributed by atoms with E-state index >= 15 is 4.39 Å². The van der Waals surface area contributed by atoms with Gasteiger partial charge in [-0.15, -0.1) is 6.58 Å². The van der Waals surface area contributed by atoms with Crippen molar-refractivity contribution in [2.24, 2.45) is 0 Å². The Kier molecular flexibility index (Phi) is 6.29. The van der Waals surface area contributed by atoms with Crippen LogP contribution < -0.4 is 0 Å². The minimum atomic E-state index is -0.189. The average molecular weight is 405 g/mol. The van der Waals surface area contributed by atoms with Gasteiger partial charge in [-0.1, -0.05) is 79.4 Å². The lowest BCUT2D eigenvalue weighted by molar-refractivity contribution is 0.643. The third-order valence-corrected chi connectivity index (χ3v) is 5.57. The van der Waals surface area contributed by atoms with Crippen LogP contribution in [0.5, 0.6) is 0 Å². The van der Waals surface area contributed by atoms with Crippen LogP contribution in [-0.4, -0.2) is 0 Å². The molecule has 0 unspecified atom stereocenters. The van der Waals surface area contributed by atoms with Gasteiger partial charge < -0.3 is 0 Å². The fraction of sp³-hybridized carbons (Fsp3) is 0.133. The van der Waals surface area contributed by atoms with Gasteiger partial charge in [-0.2, -0.15) is 0 Å². The van der Waals surface area contributed by atoms with Crippen LogP contribution >= 0.6 is 0 Å². The van der Waals surface area contributed by atoms with E-state index in [-0.39, 0.29) is 5.82 Å². The van der Waals surface area contributed by atoms with E-state index in [9.17, 15) is 0 Å². The summed E-state index contributed by atoms with van der Waals surface area (Å²) in [6.45, 7) is 5.90. The Labute approximate surface area is 184 Å². The molecule has 0 saturated heterocycles. The molecule has 0 aliphatic carbocycles. The van der Waals surface area contributed by atoms with Crippen molar-refractivity contribution in [2.45, 2.75) is 26.2 Å². The number of aryl methyl sites for hydroxylation is 2. The highest BCUT2D eigenvalue weighted by molar-refractivity contribution is 5.89. The molecule has 0 amide bonds. The van der Waals surface area contributed by atoms with E-state index in [1.807, 2.05) is 60.7 Å². The molecule has 0 nitrogen and oxygen atoms in total. The molecule has 1 heteroatoms. The zero-order chi connectivity index (χ0) is 21.6. The van der Waals surface area contributed by atoms with E-state index in [2.05, 4.69) is 49.6 Å². The lowest BCUT2D eigenvalue weighted by Gasteiger charge is -2.08. The number of halogens is 1. The SMILES string of the molecule is C=CCCc1ccc(-c2ccc3cc(C#Cc4ccc(CC)cc4)ccc3c2F)cc1. The Morgan fingerprint density at radius 1 is 0.806 bits per heavy atom. The molecule has 0 aliphatic rings. The quantitative estimate of drug-likeness (QED) is 0.236. The summed E-state index contributed by atoms with van der Waals surface area (Å²) in [4.78, 5) is 0. The topological polar surface area (TPSA) is 0 Å². The molecule has 152 valence electrons. The van der Waals surface area contributed by atoms with E-state index in [4.69, 9.17) is 0 Å². The zero-order valence-electron chi connectivity index (χ0n) is 17.8. The summed E-state index contributed by atoms with van der Waals surface area (Å²) in [7, 11) is 0. The molecule has 0 N–H and O–H groups in total. The monoisotopic (exact) mass is 404 g/mol. The number of hydrogen-bond donors (Lipinski definition) is 0. The van der Waals surface area contributed by atoms with Gasteiger partial charge >= 0.3 is 0 Å². The first-order valence-corrected chi connectivity index (χ1v) is 10.7. The Bertz CT molecular complexity index is 1270. The molecule has 0 aliphatic heterocycles. The maximum Gasteiger partial charge on any atom is 0.138 e. The summed E-state index contributed by atoms with van der Waals surface area (Å²) in [5, 5.41) is 1.48. The summed E-state index contributed by atoms with van der Waals surface area (Å²) in [6, 6.07) is 25.9. The Balaban J connectivity index is 1.60. The number of allylic oxidation sites excluding steroid dienone is 1. The minimum Gasteiger partial charge on any atom is -0.206 e. The van der Waals surface area contributed by atoms with Gasteiger partial charge in [-0.05, 0) is 65.6 Å². The van der Waals surface area contributed by atoms with E-state index in [1.54, 1.807) is 0 Å². The summed E-state index contributed by atoms with van der Waals surface area (Å²) in [5.74, 6) is 6.21. The number of fused-ring (bicyclic) bond motifs is 1. The lowest BCUT2D eigenvalue weighted by Crippen LogP contribution is -1.89. The van der Waals surface area contributed by atoms with E-state index in [0.29, 0.717) is 10.9 Å². The van der Waals surface area contributed by atoms with Crippen LogP contribution in [0.1, 0.15) is 35.6 Å². The molecule has 0 radical (unpaired) electrons. The van der Waals surface area contributed by atoms with Gasteiger partial charge in [-0.25, -0.2) is 4.39 Å². The third kappa shape index (κ3) is 4.76. The Morgan fingerprint density at radius 2 is 1.48 bits per heavy atom. The van der Waals surface area contributed by atoms with Crippen molar-refractivity contribution in [3.63, 3.8) is 0 Å². The second kappa shape index (κ2) is 9.45. The second-order valence-electron chi connectivity index (χ2n) is 7.69. The summed E-state index contributed by atoms with van der Waals surface area (Å²) in [5.41, 5.74) is 5.91. The van der Waals surface area contributed by atoms with Crippen LogP contribution in [0.3, 0.4) is 0 Å². The van der Waals surface area contributed by atoms with Crippen molar-refractivity contribution in [3.8, 4) is 23.0 Å². The molecule has 0 saturated carbocycles. The van der Waals surface area contributed by atoms with Gasteiger partial charge in [0, 0.05) is 22.1 Å². The largest absolute Gasteiger partial charge is 0.206 e. The highest BCUT2D eigenvalue weighted by Gasteiger charge is 2.10. The van der Waals surface area contributed by atoms with Crippen LogP contribution in [0.15, 0.2) is 91.5 Å². The summed E-state index contributed by atoms with van der Waals surface area (Å²) >= 11 is 0. The van der Waals surface area contributed by atoms with Crippen molar-refractivity contribution in [2.75, 3.05) is 0 Å². The normalized spacial score (nSPS) is 10.5. The molecular formula is C30H25F. The van der Waals surface area contributed by atoms with Crippen LogP contribution in [0.4, 0.5) is 4.39 Å². The fourth-order valence-electron chi connectivity index (χ4n) is 3.68. The highest BCUT2D eigenvalue weighted by atomic mass is 19.1. The van der Waals surface area contributed by atoms with E-state index in [0.717, 1.165) is 41.3 Å². The molecule has 4 aromatic carbocycles. The van der Waals surface area contributed by atoms with Crippen LogP contribution in [0, 0.1) is 17.7 Å². The van der Waals surface area contributed by atoms with Gasteiger partial charge in [0.05, 0.1) is 0 Å². The third-order valence-electron chi connectivity index (χ3n) is 5.57. The summed E-state index contributed by atoms with van der Waals surface area (Å²) < 4.78 is 15.3. The highest BCUT2D eigenvalue weighted by Crippen LogP contribution is 2.30. The van der Waals surface area contributed by atoms with E-state index in [1.165, 1.54) is 11.1 Å². The van der Waals surface area contributed by atoms with Crippen molar-refractivity contribution >= 4 is 10.8 Å². The predicted octanol–water partition coefficient (Wildman–Crippen LogP) is 7.73. The zero-order valence-corrected chi connectivity index (χ0v) is 17.8. The molecular weight excluding hydrogens is 379 g/mol. The Morgan fingerprint density at radius 3 is 2.19 bits per heavy atom. The molecule has 4 rings (SSSR count). The first-order valence-electron chi connectivity index (χ1n) is 10.7. The standard InChI is InChI=1S/C30H25F/c1-3-5-6-23-13-16-26(17-14-23)28-20-18-27-21-25(15-19-29(27)30(28)31)12-11-24-9-7-22(4-2)8-10-24/h3,7-10,13-21H,1,4-6H2,2H3. The van der Waals surface area contributed by atoms with Crippen LogP contribution in [0.25, 0.3) is 21.9 Å². The fourth-order valence-corrected chi connectivity index (χ4v) is 3.68. The van der Waals surface area contributed by atoms with Crippen molar-refractivity contribution in [3.05, 3.63) is 120 Å². The van der Waals surface area contributed by atoms with Gasteiger partial charge in [0.15, 0.2) is 0 Å². The minimum absolute atomic E-state index is 0.189. The van der Waals surface area contributed by atoms with Crippen LogP contribution in [-0.2, 0) is 12.8 Å². The predicted molar refractivity (Wildman–Crippen MR) is 130 cm³/mol. The molecule has 0 atom stereocenters. The van der Waals surface area contributed by atoms with Crippen molar-refractivity contribution in [1.29, 1.82) is 0 Å². The summed E-state index contributed by atoms with van der Waals surface area (Å²) in [6.07, 6.45) is 4.83. The second-order valence-corrected chi connectivity index (χ2v) is 7.69. The van der Waals surface area contributed by atoms with Gasteiger partial charge in [-0.3, -0.25) is 0 Å². The van der Waals surface area contributed by atoms with Crippen LogP contribution in [0.2, 0.25) is 0 Å². The molecule has 0 fully saturated rings. The van der Waals surface area contributed by atoms with Gasteiger partial charge in [0.1, 0.15) is 5.82 Å². The molecule has 0 heterocycles. The average Bonchev–Trinajstić information content (AvgIpc) is 2.82.